The van der Waals surface area contributed by atoms with Crippen LogP contribution in [-0.4, -0.2) is 167 Å². The Labute approximate surface area is 883 Å². The van der Waals surface area contributed by atoms with Crippen LogP contribution in [0.3, 0.4) is 0 Å². The Morgan fingerprint density at radius 3 is 1.23 bits per heavy atom. The molecule has 0 amide bonds. The highest BCUT2D eigenvalue weighted by Crippen LogP contribution is 2.65. The number of carbonyl (C=O) groups is 1. The maximum atomic E-state index is 12.9. The van der Waals surface area contributed by atoms with Gasteiger partial charge in [0.2, 0.25) is 16.3 Å². The van der Waals surface area contributed by atoms with Crippen LogP contribution in [0, 0.1) is 53.3 Å². The van der Waals surface area contributed by atoms with Gasteiger partial charge in [-0.15, -0.1) is 0 Å². The molecule has 3 aliphatic heterocycles. The lowest BCUT2D eigenvalue weighted by atomic mass is 9.68. The van der Waals surface area contributed by atoms with Crippen LogP contribution < -0.4 is 44.7 Å². The summed E-state index contributed by atoms with van der Waals surface area (Å²) in [6, 6.07) is 0. The van der Waals surface area contributed by atoms with Crippen LogP contribution >= 0.6 is 95.6 Å². The average molecular weight is 2390 g/mol. The van der Waals surface area contributed by atoms with E-state index in [2.05, 4.69) is 243 Å². The Bertz CT molecular complexity index is 5840. The minimum Gasteiger partial charge on any atom is -0.494 e. The molecular weight excluding hydrogens is 2230 g/mol. The maximum Gasteiger partial charge on any atom is 0.238 e. The van der Waals surface area contributed by atoms with Crippen molar-refractivity contribution in [1.82, 2.24) is 28.7 Å². The lowest BCUT2D eigenvalue weighted by molar-refractivity contribution is -0.145. The maximum absolute atomic E-state index is 12.9. The SMILES string of the molecule is C=C1CCCC1(C)C(O)c1ncc(Br)c(C)c1OC.C=C1CCCC1(C)C(O[Si](C)(C)C(C)(C)C)c1ncc(Br)c(C)c1OC.COc1c(C(O[Si](C)(C)C(C)(C)C)C2(C)CCCC2(O)CO)ncc(Br)c1C.COc1c2n(cc(Br)c1=O)CC1(O)CCCC1(C)C2=O.COc1c2n(cc(Br)c1=O)CC1(O)CCCC1(C)C2O.COc1c2n(cc(Br)c1=O)CC1(O)CCCC1(C)C2O[Si](C)(C)C(C)(C)C. The number of nitrogens with zero attached hydrogens (tertiary/aromatic N) is 6. The van der Waals surface area contributed by atoms with Crippen molar-refractivity contribution >= 4 is 126 Å². The molecule has 0 radical (unpaired) electrons. The van der Waals surface area contributed by atoms with Gasteiger partial charge in [-0.25, -0.2) is 0 Å². The highest BCUT2D eigenvalue weighted by atomic mass is 79.9. The summed E-state index contributed by atoms with van der Waals surface area (Å²) in [6.07, 6.45) is 23.0. The molecule has 6 saturated carbocycles. The van der Waals surface area contributed by atoms with E-state index in [1.165, 1.54) is 26.9 Å². The quantitative estimate of drug-likeness (QED) is 0.0292. The van der Waals surface area contributed by atoms with E-state index < -0.39 is 87.3 Å². The number of hydrogen-bond donors (Lipinski definition) is 7. The number of hydrogen-bond acceptors (Lipinski definition) is 23. The second-order valence-electron chi connectivity index (χ2n) is 46.4. The first-order valence-corrected chi connectivity index (χ1v) is 62.2. The van der Waals surface area contributed by atoms with Crippen molar-refractivity contribution in [3.63, 3.8) is 0 Å². The third kappa shape index (κ3) is 21.2. The van der Waals surface area contributed by atoms with Gasteiger partial charge in [0, 0.05) is 94.4 Å². The molecule has 35 heteroatoms. The number of aliphatic hydroxyl groups is 7. The van der Waals surface area contributed by atoms with Crippen LogP contribution in [0.15, 0.2) is 103 Å². The van der Waals surface area contributed by atoms with Gasteiger partial charge >= 0.3 is 0 Å². The first kappa shape index (κ1) is 117. The van der Waals surface area contributed by atoms with Crippen molar-refractivity contribution in [2.75, 3.05) is 49.3 Å². The van der Waals surface area contributed by atoms with Crippen LogP contribution in [0.4, 0.5) is 0 Å². The number of pyridine rings is 6. The summed E-state index contributed by atoms with van der Waals surface area (Å²) in [7, 11) is 2.93. The molecule has 6 aromatic rings. The standard InChI is InChI=1S/C21H36BrNO4Si.C21H34BrNO2Si.C20H32BrNO4Si.C15H20BrNO2.C14H18BrNO4.C14H16BrNO4/c1-14-15(22)12-23-16(17(14)26-6)18(27-28(7,8)19(2,3)4)20(5)10-9-11-21(20,25)13-24;1-14-11-10-12-21(14,6)19(25-26(8,9)20(3,4)5)17-18(24-7)15(2)16(22)13-23-17;1-18(2,3)27(6,7)26-17-14-16(25-5)15(23)13(21)11-22(14)12-20(24)10-8-9-19(17,20)4;1-9-6-5-7-15(9,3)14(18)12-13(19-4)10(2)11(16)8-17-12;2*1-13-4-3-5-14(13,19)7-16-6-8(15)10(17)11(20-2)9(16)12(13)18/h12,18,24-25H,9-11,13H2,1-8H3;13,19H,1,10-12H2,2-9H3;11,17,24H,8-10,12H2,1-7H3;8,14,18H,1,5-7H2,2-4H3;6,12,18-19H,3-5,7H2,1-2H3;6,19H,3-5,7H2,1-2H3. The summed E-state index contributed by atoms with van der Waals surface area (Å²) in [6.45, 7) is 61.0. The predicted octanol–water partition coefficient (Wildman–Crippen LogP) is 24.0. The molecule has 0 bridgehead atoms. The first-order valence-electron chi connectivity index (χ1n) is 48.7. The number of ketones is 1. The number of carbonyl (C=O) groups excluding carboxylic acids is 1. The Hall–Kier alpha value is -4.62. The fraction of sp³-hybridized carbons (Fsp3) is 0.667. The van der Waals surface area contributed by atoms with E-state index in [0.29, 0.717) is 93.1 Å². The van der Waals surface area contributed by atoms with E-state index in [1.807, 2.05) is 38.5 Å². The molecule has 780 valence electrons. The van der Waals surface area contributed by atoms with Gasteiger partial charge in [0.05, 0.1) is 134 Å². The summed E-state index contributed by atoms with van der Waals surface area (Å²) in [5.41, 5.74) is 1.22. The second kappa shape index (κ2) is 42.8. The first-order chi connectivity index (χ1) is 64.4. The molecule has 9 aliphatic rings. The third-order valence-electron chi connectivity index (χ3n) is 35.1. The summed E-state index contributed by atoms with van der Waals surface area (Å²) in [5.74, 6) is 2.48. The zero-order valence-corrected chi connectivity index (χ0v) is 101. The van der Waals surface area contributed by atoms with Crippen molar-refractivity contribution in [2.45, 2.75) is 367 Å². The van der Waals surface area contributed by atoms with E-state index in [4.69, 9.17) is 51.7 Å². The van der Waals surface area contributed by atoms with Gasteiger partial charge in [-0.1, -0.05) is 121 Å². The zero-order chi connectivity index (χ0) is 105. The predicted molar refractivity (Wildman–Crippen MR) is 579 cm³/mol. The number of methoxy groups -OCH3 is 6. The molecule has 140 heavy (non-hydrogen) atoms. The van der Waals surface area contributed by atoms with Gasteiger partial charge in [0.25, 0.3) is 0 Å². The Kier molecular flexibility index (Phi) is 35.8. The molecule has 26 nitrogen and oxygen atoms in total. The Balaban J connectivity index is 0.000000174. The molecule has 9 heterocycles. The van der Waals surface area contributed by atoms with Gasteiger partial charge in [-0.2, -0.15) is 0 Å². The average Bonchev–Trinajstić information content (AvgIpc) is 1.53. The van der Waals surface area contributed by atoms with Crippen LogP contribution in [0.1, 0.15) is 306 Å². The lowest BCUT2D eigenvalue weighted by Gasteiger charge is -2.53. The van der Waals surface area contributed by atoms with Crippen molar-refractivity contribution in [3.8, 4) is 34.5 Å². The van der Waals surface area contributed by atoms with Gasteiger partial charge in [-0.05, 0) is 293 Å². The van der Waals surface area contributed by atoms with Crippen LogP contribution in [-0.2, 0) is 32.9 Å². The molecule has 0 spiro atoms. The zero-order valence-electron chi connectivity index (χ0n) is 88.2. The van der Waals surface area contributed by atoms with E-state index in [9.17, 15) is 54.9 Å². The molecule has 7 N–H and O–H groups in total. The summed E-state index contributed by atoms with van der Waals surface area (Å²) in [5, 5.41) is 76.4. The molecule has 6 aromatic heterocycles. The van der Waals surface area contributed by atoms with Gasteiger partial charge in [-0.3, -0.25) is 34.1 Å². The Morgan fingerprint density at radius 1 is 0.443 bits per heavy atom. The summed E-state index contributed by atoms with van der Waals surface area (Å²) < 4.78 is 62.9. The fourth-order valence-corrected chi connectivity index (χ4v) is 27.8. The topological polar surface area (TPSA) is 346 Å². The number of ether oxygens (including phenoxy) is 6. The van der Waals surface area contributed by atoms with Crippen molar-refractivity contribution in [2.24, 2.45) is 32.5 Å². The molecular formula is C105H156Br6N6O20Si3. The number of aromatic nitrogens is 6. The number of aliphatic hydroxyl groups excluding tert-OH is 3. The largest absolute Gasteiger partial charge is 0.494 e. The monoisotopic (exact) mass is 2380 g/mol. The van der Waals surface area contributed by atoms with Crippen LogP contribution in [0.5, 0.6) is 34.5 Å². The lowest BCUT2D eigenvalue weighted by Crippen LogP contribution is -2.57. The van der Waals surface area contributed by atoms with E-state index >= 15 is 0 Å². The highest BCUT2D eigenvalue weighted by Gasteiger charge is 2.65. The molecule has 15 unspecified atom stereocenters. The molecule has 6 aliphatic carbocycles. The highest BCUT2D eigenvalue weighted by molar-refractivity contribution is 9.11. The van der Waals surface area contributed by atoms with Crippen LogP contribution in [0.25, 0.3) is 0 Å². The summed E-state index contributed by atoms with van der Waals surface area (Å²) in [4.78, 5) is 63.7. The number of fused-ring (bicyclic) bond motifs is 6. The van der Waals surface area contributed by atoms with E-state index in [1.54, 1.807) is 68.4 Å². The smallest absolute Gasteiger partial charge is 0.238 e. The number of rotatable bonds is 19. The molecule has 6 fully saturated rings. The second-order valence-corrected chi connectivity index (χ2v) is 65.8. The number of Topliss-reactive ketones (excluding diaryl/α,β-unsaturated/α-hetero) is 1. The van der Waals surface area contributed by atoms with Crippen LogP contribution in [0.2, 0.25) is 54.4 Å². The molecule has 15 rings (SSSR count). The third-order valence-corrected chi connectivity index (χ3v) is 52.5. The molecule has 0 aromatic carbocycles. The number of halogens is 6. The minimum absolute atomic E-state index is 0.00477. The Morgan fingerprint density at radius 2 is 0.800 bits per heavy atom. The van der Waals surface area contributed by atoms with Gasteiger partial charge in [0.1, 0.15) is 58.3 Å². The van der Waals surface area contributed by atoms with Crippen molar-refractivity contribution in [3.05, 3.63) is 170 Å². The van der Waals surface area contributed by atoms with E-state index in [-0.39, 0.29) is 84.0 Å². The summed E-state index contributed by atoms with van der Waals surface area (Å²) >= 11 is 20.3. The minimum atomic E-state index is -2.21. The van der Waals surface area contributed by atoms with Gasteiger partial charge < -0.3 is 91.1 Å². The van der Waals surface area contributed by atoms with E-state index in [0.717, 1.165) is 143 Å². The fourth-order valence-electron chi connectivity index (χ4n) is 21.7. The molecule has 15 atom stereocenters. The molecule has 0 saturated heterocycles. The normalized spacial score (nSPS) is 28.5. The van der Waals surface area contributed by atoms with Gasteiger partial charge in [0.15, 0.2) is 48.0 Å². The van der Waals surface area contributed by atoms with Crippen molar-refractivity contribution in [1.29, 1.82) is 0 Å². The van der Waals surface area contributed by atoms with Crippen molar-refractivity contribution < 1.29 is 82.2 Å².